The molecule has 24 heavy (non-hydrogen) atoms. The van der Waals surface area contributed by atoms with Gasteiger partial charge in [-0.05, 0) is 35.4 Å². The minimum atomic E-state index is -0.313. The van der Waals surface area contributed by atoms with E-state index in [9.17, 15) is 9.18 Å². The number of aromatic nitrogens is 2. The zero-order valence-corrected chi connectivity index (χ0v) is 14.3. The van der Waals surface area contributed by atoms with Crippen molar-refractivity contribution >= 4 is 27.7 Å². The highest BCUT2D eigenvalue weighted by atomic mass is 79.9. The maximum atomic E-state index is 12.9. The highest BCUT2D eigenvalue weighted by molar-refractivity contribution is 9.10. The molecule has 0 saturated carbocycles. The SMILES string of the molecule is O=C(Cc1ccc(F)cc1)Nc1ccnn1Cc1ccc(Br)cc1. The Balaban J connectivity index is 1.65. The number of carbonyl (C=O) groups is 1. The first kappa shape index (κ1) is 16.4. The number of benzene rings is 2. The van der Waals surface area contributed by atoms with Gasteiger partial charge in [-0.15, -0.1) is 0 Å². The van der Waals surface area contributed by atoms with E-state index in [2.05, 4.69) is 26.3 Å². The Kier molecular flexibility index (Phi) is 5.05. The van der Waals surface area contributed by atoms with Crippen molar-refractivity contribution in [1.29, 1.82) is 0 Å². The van der Waals surface area contributed by atoms with Crippen molar-refractivity contribution in [2.75, 3.05) is 5.32 Å². The lowest BCUT2D eigenvalue weighted by molar-refractivity contribution is -0.115. The molecule has 1 N–H and O–H groups in total. The van der Waals surface area contributed by atoms with Crippen LogP contribution in [0, 0.1) is 5.82 Å². The monoisotopic (exact) mass is 387 g/mol. The Labute approximate surface area is 147 Å². The maximum absolute atomic E-state index is 12.9. The zero-order chi connectivity index (χ0) is 16.9. The van der Waals surface area contributed by atoms with Crippen LogP contribution in [0.25, 0.3) is 0 Å². The zero-order valence-electron chi connectivity index (χ0n) is 12.7. The fraction of sp³-hybridized carbons (Fsp3) is 0.111. The van der Waals surface area contributed by atoms with Crippen molar-refractivity contribution in [3.8, 4) is 0 Å². The van der Waals surface area contributed by atoms with Crippen molar-refractivity contribution in [2.45, 2.75) is 13.0 Å². The first-order valence-corrected chi connectivity index (χ1v) is 8.20. The summed E-state index contributed by atoms with van der Waals surface area (Å²) in [6, 6.07) is 15.6. The average molecular weight is 388 g/mol. The lowest BCUT2D eigenvalue weighted by atomic mass is 10.1. The van der Waals surface area contributed by atoms with Crippen LogP contribution in [0.15, 0.2) is 65.3 Å². The topological polar surface area (TPSA) is 46.9 Å². The van der Waals surface area contributed by atoms with Crippen LogP contribution in [0.5, 0.6) is 0 Å². The second kappa shape index (κ2) is 7.40. The second-order valence-corrected chi connectivity index (χ2v) is 6.27. The van der Waals surface area contributed by atoms with Crippen LogP contribution in [-0.4, -0.2) is 15.7 Å². The van der Waals surface area contributed by atoms with Gasteiger partial charge < -0.3 is 5.32 Å². The molecule has 2 aromatic carbocycles. The predicted molar refractivity (Wildman–Crippen MR) is 94.2 cm³/mol. The highest BCUT2D eigenvalue weighted by Crippen LogP contribution is 2.14. The summed E-state index contributed by atoms with van der Waals surface area (Å²) in [5.41, 5.74) is 1.84. The molecule has 1 aromatic heterocycles. The molecule has 0 spiro atoms. The lowest BCUT2D eigenvalue weighted by Crippen LogP contribution is -2.18. The summed E-state index contributed by atoms with van der Waals surface area (Å²) < 4.78 is 15.6. The largest absolute Gasteiger partial charge is 0.311 e. The van der Waals surface area contributed by atoms with Gasteiger partial charge in [-0.2, -0.15) is 5.10 Å². The Morgan fingerprint density at radius 3 is 2.42 bits per heavy atom. The van der Waals surface area contributed by atoms with E-state index in [1.54, 1.807) is 29.1 Å². The molecule has 1 amide bonds. The molecule has 3 aromatic rings. The maximum Gasteiger partial charge on any atom is 0.229 e. The number of anilines is 1. The van der Waals surface area contributed by atoms with Gasteiger partial charge in [0, 0.05) is 10.5 Å². The number of hydrogen-bond acceptors (Lipinski definition) is 2. The Bertz CT molecular complexity index is 828. The molecule has 3 rings (SSSR count). The summed E-state index contributed by atoms with van der Waals surface area (Å²) in [6.45, 7) is 0.562. The van der Waals surface area contributed by atoms with Crippen molar-refractivity contribution in [3.05, 3.63) is 82.2 Å². The van der Waals surface area contributed by atoms with E-state index in [4.69, 9.17) is 0 Å². The fourth-order valence-corrected chi connectivity index (χ4v) is 2.57. The Morgan fingerprint density at radius 1 is 1.04 bits per heavy atom. The van der Waals surface area contributed by atoms with Gasteiger partial charge in [0.2, 0.25) is 5.91 Å². The third-order valence-corrected chi connectivity index (χ3v) is 4.04. The van der Waals surface area contributed by atoms with Crippen molar-refractivity contribution < 1.29 is 9.18 Å². The molecule has 1 heterocycles. The van der Waals surface area contributed by atoms with Crippen LogP contribution in [0.3, 0.4) is 0 Å². The summed E-state index contributed by atoms with van der Waals surface area (Å²) in [7, 11) is 0. The van der Waals surface area contributed by atoms with E-state index < -0.39 is 0 Å². The molecule has 0 saturated heterocycles. The molecule has 0 aliphatic rings. The molecule has 0 aliphatic heterocycles. The fourth-order valence-electron chi connectivity index (χ4n) is 2.30. The van der Waals surface area contributed by atoms with Crippen LogP contribution in [0.1, 0.15) is 11.1 Å². The standard InChI is InChI=1S/C18H15BrFN3O/c19-15-5-1-14(2-6-15)12-23-17(9-10-21-23)22-18(24)11-13-3-7-16(20)8-4-13/h1-10H,11-12H2,(H,22,24). The lowest BCUT2D eigenvalue weighted by Gasteiger charge is -2.09. The minimum Gasteiger partial charge on any atom is -0.311 e. The van der Waals surface area contributed by atoms with Crippen LogP contribution in [-0.2, 0) is 17.8 Å². The van der Waals surface area contributed by atoms with Crippen LogP contribution in [0.2, 0.25) is 0 Å². The smallest absolute Gasteiger partial charge is 0.229 e. The van der Waals surface area contributed by atoms with Crippen LogP contribution >= 0.6 is 15.9 Å². The summed E-state index contributed by atoms with van der Waals surface area (Å²) >= 11 is 3.40. The van der Waals surface area contributed by atoms with Gasteiger partial charge in [0.25, 0.3) is 0 Å². The molecule has 0 bridgehead atoms. The summed E-state index contributed by atoms with van der Waals surface area (Å²) in [5.74, 6) is 0.149. The number of amides is 1. The van der Waals surface area contributed by atoms with Crippen LogP contribution in [0.4, 0.5) is 10.2 Å². The van der Waals surface area contributed by atoms with Crippen molar-refractivity contribution in [2.24, 2.45) is 0 Å². The van der Waals surface area contributed by atoms with Gasteiger partial charge in [0.15, 0.2) is 0 Å². The number of rotatable bonds is 5. The molecule has 0 radical (unpaired) electrons. The van der Waals surface area contributed by atoms with Gasteiger partial charge in [0.05, 0.1) is 19.2 Å². The molecule has 6 heteroatoms. The first-order chi connectivity index (χ1) is 11.6. The van der Waals surface area contributed by atoms with Crippen molar-refractivity contribution in [1.82, 2.24) is 9.78 Å². The number of hydrogen-bond donors (Lipinski definition) is 1. The van der Waals surface area contributed by atoms with Gasteiger partial charge in [-0.1, -0.05) is 40.2 Å². The summed E-state index contributed by atoms with van der Waals surface area (Å²) in [6.07, 6.45) is 1.83. The molecule has 0 fully saturated rings. The quantitative estimate of drug-likeness (QED) is 0.718. The predicted octanol–water partition coefficient (Wildman–Crippen LogP) is 4.01. The normalized spacial score (nSPS) is 10.6. The van der Waals surface area contributed by atoms with E-state index >= 15 is 0 Å². The first-order valence-electron chi connectivity index (χ1n) is 7.41. The van der Waals surface area contributed by atoms with E-state index in [1.165, 1.54) is 12.1 Å². The molecule has 122 valence electrons. The average Bonchev–Trinajstić information content (AvgIpc) is 2.98. The molecule has 0 aliphatic carbocycles. The van der Waals surface area contributed by atoms with E-state index in [-0.39, 0.29) is 18.1 Å². The van der Waals surface area contributed by atoms with Gasteiger partial charge in [0.1, 0.15) is 11.6 Å². The number of halogens is 2. The Hall–Kier alpha value is -2.47. The van der Waals surface area contributed by atoms with Gasteiger partial charge >= 0.3 is 0 Å². The minimum absolute atomic E-state index is 0.167. The second-order valence-electron chi connectivity index (χ2n) is 5.35. The third-order valence-electron chi connectivity index (χ3n) is 3.51. The molecule has 4 nitrogen and oxygen atoms in total. The molecule has 0 atom stereocenters. The van der Waals surface area contributed by atoms with E-state index in [0.717, 1.165) is 15.6 Å². The summed E-state index contributed by atoms with van der Waals surface area (Å²) in [4.78, 5) is 12.2. The number of nitrogens with one attached hydrogen (secondary N) is 1. The van der Waals surface area contributed by atoms with Gasteiger partial charge in [-0.25, -0.2) is 9.07 Å². The molecular weight excluding hydrogens is 373 g/mol. The van der Waals surface area contributed by atoms with Crippen LogP contribution < -0.4 is 5.32 Å². The molecule has 0 unspecified atom stereocenters. The summed E-state index contributed by atoms with van der Waals surface area (Å²) in [5, 5.41) is 7.09. The van der Waals surface area contributed by atoms with E-state index in [1.807, 2.05) is 24.3 Å². The molecular formula is C18H15BrFN3O. The van der Waals surface area contributed by atoms with E-state index in [0.29, 0.717) is 12.4 Å². The van der Waals surface area contributed by atoms with Crippen molar-refractivity contribution in [3.63, 3.8) is 0 Å². The number of carbonyl (C=O) groups excluding carboxylic acids is 1. The van der Waals surface area contributed by atoms with Gasteiger partial charge in [-0.3, -0.25) is 4.79 Å². The number of nitrogens with zero attached hydrogens (tertiary/aromatic N) is 2. The highest BCUT2D eigenvalue weighted by Gasteiger charge is 2.09. The third kappa shape index (κ3) is 4.29. The Morgan fingerprint density at radius 2 is 1.71 bits per heavy atom.